The van der Waals surface area contributed by atoms with E-state index >= 15 is 0 Å². The largest absolute Gasteiger partial charge is 0.382 e. The highest BCUT2D eigenvalue weighted by Gasteiger charge is 2.15. The monoisotopic (exact) mass is 223 g/mol. The van der Waals surface area contributed by atoms with Gasteiger partial charge in [-0.3, -0.25) is 0 Å². The van der Waals surface area contributed by atoms with Crippen LogP contribution in [-0.4, -0.2) is 25.5 Å². The van der Waals surface area contributed by atoms with Gasteiger partial charge in [0.25, 0.3) is 0 Å². The van der Waals surface area contributed by atoms with E-state index in [1.54, 1.807) is 11.8 Å². The fraction of sp³-hybridized carbons (Fsp3) is 0.500. The van der Waals surface area contributed by atoms with E-state index in [9.17, 15) is 0 Å². The first-order valence-corrected chi connectivity index (χ1v) is 6.61. The van der Waals surface area contributed by atoms with Gasteiger partial charge in [-0.25, -0.2) is 0 Å². The molecule has 82 valence electrons. The average molecular weight is 223 g/mol. The highest BCUT2D eigenvalue weighted by Crippen LogP contribution is 2.25. The lowest BCUT2D eigenvalue weighted by atomic mass is 10.2. The number of nitrogens with one attached hydrogen (secondary N) is 1. The van der Waals surface area contributed by atoms with Crippen LogP contribution in [0, 0.1) is 0 Å². The van der Waals surface area contributed by atoms with E-state index in [0.29, 0.717) is 6.10 Å². The minimum atomic E-state index is 0.403. The summed E-state index contributed by atoms with van der Waals surface area (Å²) in [5.74, 6) is 0. The number of hydrogen-bond donors (Lipinski definition) is 1. The summed E-state index contributed by atoms with van der Waals surface area (Å²) < 4.78 is 5.58. The summed E-state index contributed by atoms with van der Waals surface area (Å²) in [5, 5.41) is 3.46. The first kappa shape index (κ1) is 10.8. The standard InChI is InChI=1S/C12H17NOS/c1-15-12-7-3-2-6-11(12)13-9-10-5-4-8-14-10/h2-3,6-7,10,13H,4-5,8-9H2,1H3. The van der Waals surface area contributed by atoms with Crippen molar-refractivity contribution in [3.8, 4) is 0 Å². The van der Waals surface area contributed by atoms with Gasteiger partial charge >= 0.3 is 0 Å². The molecule has 2 nitrogen and oxygen atoms in total. The summed E-state index contributed by atoms with van der Waals surface area (Å²) >= 11 is 1.77. The van der Waals surface area contributed by atoms with E-state index in [1.165, 1.54) is 23.4 Å². The number of anilines is 1. The number of para-hydroxylation sites is 1. The van der Waals surface area contributed by atoms with Crippen LogP contribution in [0.3, 0.4) is 0 Å². The number of benzene rings is 1. The van der Waals surface area contributed by atoms with Gasteiger partial charge in [-0.1, -0.05) is 12.1 Å². The van der Waals surface area contributed by atoms with Gasteiger partial charge in [0.2, 0.25) is 0 Å². The molecule has 1 saturated heterocycles. The zero-order chi connectivity index (χ0) is 10.5. The third-order valence-corrected chi connectivity index (χ3v) is 3.45. The number of rotatable bonds is 4. The molecule has 1 fully saturated rings. The number of thioether (sulfide) groups is 1. The van der Waals surface area contributed by atoms with E-state index in [1.807, 2.05) is 0 Å². The van der Waals surface area contributed by atoms with Gasteiger partial charge in [0, 0.05) is 23.7 Å². The van der Waals surface area contributed by atoms with Crippen molar-refractivity contribution in [2.24, 2.45) is 0 Å². The van der Waals surface area contributed by atoms with Crippen LogP contribution in [0.15, 0.2) is 29.2 Å². The zero-order valence-corrected chi connectivity index (χ0v) is 9.85. The maximum absolute atomic E-state index is 5.58. The molecule has 3 heteroatoms. The van der Waals surface area contributed by atoms with Crippen molar-refractivity contribution in [3.05, 3.63) is 24.3 Å². The van der Waals surface area contributed by atoms with Crippen LogP contribution in [0.5, 0.6) is 0 Å². The van der Waals surface area contributed by atoms with Gasteiger partial charge in [0.1, 0.15) is 0 Å². The normalized spacial score (nSPS) is 20.5. The summed E-state index contributed by atoms with van der Waals surface area (Å²) in [6, 6.07) is 8.41. The second kappa shape index (κ2) is 5.42. The topological polar surface area (TPSA) is 21.3 Å². The molecule has 0 aliphatic carbocycles. The average Bonchev–Trinajstić information content (AvgIpc) is 2.79. The second-order valence-corrected chi connectivity index (χ2v) is 4.56. The molecule has 1 atom stereocenters. The Morgan fingerprint density at radius 1 is 1.47 bits per heavy atom. The van der Waals surface area contributed by atoms with E-state index in [4.69, 9.17) is 4.74 Å². The van der Waals surface area contributed by atoms with Crippen LogP contribution in [0.25, 0.3) is 0 Å². The minimum absolute atomic E-state index is 0.403. The van der Waals surface area contributed by atoms with Crippen molar-refractivity contribution in [1.29, 1.82) is 0 Å². The molecule has 1 aliphatic rings. The van der Waals surface area contributed by atoms with Crippen LogP contribution >= 0.6 is 11.8 Å². The maximum Gasteiger partial charge on any atom is 0.0748 e. The Labute approximate surface area is 95.4 Å². The molecule has 1 N–H and O–H groups in total. The smallest absolute Gasteiger partial charge is 0.0748 e. The maximum atomic E-state index is 5.58. The molecule has 15 heavy (non-hydrogen) atoms. The summed E-state index contributed by atoms with van der Waals surface area (Å²) in [6.45, 7) is 1.86. The molecule has 1 heterocycles. The molecule has 0 aromatic heterocycles. The molecule has 1 unspecified atom stereocenters. The fourth-order valence-corrected chi connectivity index (χ4v) is 2.39. The molecular weight excluding hydrogens is 206 g/mol. The van der Waals surface area contributed by atoms with Gasteiger partial charge in [0.05, 0.1) is 6.10 Å². The predicted molar refractivity (Wildman–Crippen MR) is 65.7 cm³/mol. The lowest BCUT2D eigenvalue weighted by Gasteiger charge is -2.14. The molecule has 0 saturated carbocycles. The summed E-state index contributed by atoms with van der Waals surface area (Å²) in [4.78, 5) is 1.30. The third-order valence-electron chi connectivity index (χ3n) is 2.65. The van der Waals surface area contributed by atoms with Crippen LogP contribution in [0.1, 0.15) is 12.8 Å². The molecule has 0 spiro atoms. The Bertz CT molecular complexity index is 310. The lowest BCUT2D eigenvalue weighted by Crippen LogP contribution is -2.18. The summed E-state index contributed by atoms with van der Waals surface area (Å²) in [7, 11) is 0. The van der Waals surface area contributed by atoms with Crippen molar-refractivity contribution in [3.63, 3.8) is 0 Å². The Balaban J connectivity index is 1.91. The van der Waals surface area contributed by atoms with Crippen molar-refractivity contribution in [2.75, 3.05) is 24.7 Å². The van der Waals surface area contributed by atoms with Crippen LogP contribution in [-0.2, 0) is 4.74 Å². The zero-order valence-electron chi connectivity index (χ0n) is 9.03. The molecule has 1 aliphatic heterocycles. The van der Waals surface area contributed by atoms with Gasteiger partial charge in [-0.05, 0) is 31.2 Å². The van der Waals surface area contributed by atoms with E-state index in [-0.39, 0.29) is 0 Å². The van der Waals surface area contributed by atoms with Gasteiger partial charge in [0.15, 0.2) is 0 Å². The van der Waals surface area contributed by atoms with Crippen molar-refractivity contribution < 1.29 is 4.74 Å². The van der Waals surface area contributed by atoms with E-state index in [0.717, 1.165) is 13.2 Å². The van der Waals surface area contributed by atoms with Crippen molar-refractivity contribution in [1.82, 2.24) is 0 Å². The summed E-state index contributed by atoms with van der Waals surface area (Å²) in [6.07, 6.45) is 4.90. The van der Waals surface area contributed by atoms with Crippen LogP contribution < -0.4 is 5.32 Å². The highest BCUT2D eigenvalue weighted by molar-refractivity contribution is 7.98. The molecule has 1 aromatic rings. The number of ether oxygens (including phenoxy) is 1. The predicted octanol–water partition coefficient (Wildman–Crippen LogP) is 3.00. The summed E-state index contributed by atoms with van der Waals surface area (Å²) in [5.41, 5.74) is 1.22. The third kappa shape index (κ3) is 2.89. The molecule has 0 radical (unpaired) electrons. The van der Waals surface area contributed by atoms with Crippen molar-refractivity contribution >= 4 is 17.4 Å². The van der Waals surface area contributed by atoms with Crippen LogP contribution in [0.2, 0.25) is 0 Å². The Hall–Kier alpha value is -0.670. The Kier molecular flexibility index (Phi) is 3.92. The van der Waals surface area contributed by atoms with E-state index < -0.39 is 0 Å². The van der Waals surface area contributed by atoms with Gasteiger partial charge < -0.3 is 10.1 Å². The minimum Gasteiger partial charge on any atom is -0.382 e. The van der Waals surface area contributed by atoms with Gasteiger partial charge in [-0.2, -0.15) is 0 Å². The van der Waals surface area contributed by atoms with E-state index in [2.05, 4.69) is 35.8 Å². The SMILES string of the molecule is CSc1ccccc1NCC1CCCO1. The molecule has 0 amide bonds. The number of hydrogen-bond acceptors (Lipinski definition) is 3. The first-order chi connectivity index (χ1) is 7.40. The fourth-order valence-electron chi connectivity index (χ4n) is 1.82. The Morgan fingerprint density at radius 3 is 3.07 bits per heavy atom. The second-order valence-electron chi connectivity index (χ2n) is 3.72. The molecular formula is C12H17NOS. The molecule has 0 bridgehead atoms. The first-order valence-electron chi connectivity index (χ1n) is 5.38. The molecule has 2 rings (SSSR count). The Morgan fingerprint density at radius 2 is 2.33 bits per heavy atom. The van der Waals surface area contributed by atoms with Crippen molar-refractivity contribution in [2.45, 2.75) is 23.8 Å². The van der Waals surface area contributed by atoms with Crippen LogP contribution in [0.4, 0.5) is 5.69 Å². The lowest BCUT2D eigenvalue weighted by molar-refractivity contribution is 0.120. The van der Waals surface area contributed by atoms with Gasteiger partial charge in [-0.15, -0.1) is 11.8 Å². The molecule has 1 aromatic carbocycles. The highest BCUT2D eigenvalue weighted by atomic mass is 32.2. The quantitative estimate of drug-likeness (QED) is 0.793.